The molecule has 1 amide bonds. The standard InChI is InChI=1S/C13H11F2N3O3/c1-7(13(20)21)18-11(4-5-16-18)12(19)17-10-3-2-8(14)6-9(10)15/h2-7H,1H3,(H,17,19)(H,20,21). The van der Waals surface area contributed by atoms with E-state index in [-0.39, 0.29) is 11.4 Å². The zero-order valence-electron chi connectivity index (χ0n) is 10.9. The summed E-state index contributed by atoms with van der Waals surface area (Å²) in [4.78, 5) is 23.0. The molecular weight excluding hydrogens is 284 g/mol. The monoisotopic (exact) mass is 295 g/mol. The van der Waals surface area contributed by atoms with Crippen LogP contribution in [0.2, 0.25) is 0 Å². The van der Waals surface area contributed by atoms with E-state index in [9.17, 15) is 18.4 Å². The molecule has 0 aliphatic carbocycles. The number of anilines is 1. The predicted octanol–water partition coefficient (Wildman–Crippen LogP) is 2.06. The number of hydrogen-bond donors (Lipinski definition) is 2. The predicted molar refractivity (Wildman–Crippen MR) is 68.9 cm³/mol. The van der Waals surface area contributed by atoms with Crippen LogP contribution in [0.5, 0.6) is 0 Å². The number of nitrogens with one attached hydrogen (secondary N) is 1. The molecule has 0 fully saturated rings. The van der Waals surface area contributed by atoms with Gasteiger partial charge in [-0.05, 0) is 25.1 Å². The second kappa shape index (κ2) is 5.70. The molecule has 2 N–H and O–H groups in total. The number of benzene rings is 1. The van der Waals surface area contributed by atoms with Crippen molar-refractivity contribution in [3.05, 3.63) is 47.8 Å². The number of amides is 1. The highest BCUT2D eigenvalue weighted by Crippen LogP contribution is 2.17. The molecule has 1 unspecified atom stereocenters. The maximum atomic E-state index is 13.5. The van der Waals surface area contributed by atoms with Crippen molar-refractivity contribution in [2.75, 3.05) is 5.32 Å². The summed E-state index contributed by atoms with van der Waals surface area (Å²) in [7, 11) is 0. The van der Waals surface area contributed by atoms with Gasteiger partial charge in [-0.25, -0.2) is 18.3 Å². The van der Waals surface area contributed by atoms with Crippen LogP contribution in [0.4, 0.5) is 14.5 Å². The second-order valence-electron chi connectivity index (χ2n) is 4.25. The van der Waals surface area contributed by atoms with E-state index in [1.807, 2.05) is 0 Å². The van der Waals surface area contributed by atoms with Gasteiger partial charge in [0.25, 0.3) is 5.91 Å². The van der Waals surface area contributed by atoms with Gasteiger partial charge in [-0.15, -0.1) is 0 Å². The van der Waals surface area contributed by atoms with E-state index in [2.05, 4.69) is 10.4 Å². The molecular formula is C13H11F2N3O3. The molecule has 2 aromatic rings. The molecule has 6 nitrogen and oxygen atoms in total. The molecule has 1 aromatic heterocycles. The van der Waals surface area contributed by atoms with Crippen LogP contribution in [0.15, 0.2) is 30.5 Å². The summed E-state index contributed by atoms with van der Waals surface area (Å²) in [6, 6.07) is 2.95. The fourth-order valence-corrected chi connectivity index (χ4v) is 1.68. The summed E-state index contributed by atoms with van der Waals surface area (Å²) in [5.74, 6) is -3.61. The lowest BCUT2D eigenvalue weighted by Gasteiger charge is -2.12. The summed E-state index contributed by atoms with van der Waals surface area (Å²) in [6.07, 6.45) is 1.26. The van der Waals surface area contributed by atoms with E-state index in [1.165, 1.54) is 19.2 Å². The molecule has 1 atom stereocenters. The average Bonchev–Trinajstić information content (AvgIpc) is 2.90. The van der Waals surface area contributed by atoms with Gasteiger partial charge in [0.05, 0.1) is 5.69 Å². The Labute approximate surface area is 118 Å². The third kappa shape index (κ3) is 3.04. The number of aromatic nitrogens is 2. The van der Waals surface area contributed by atoms with Gasteiger partial charge < -0.3 is 10.4 Å². The molecule has 0 radical (unpaired) electrons. The van der Waals surface area contributed by atoms with Crippen molar-refractivity contribution < 1.29 is 23.5 Å². The van der Waals surface area contributed by atoms with Crippen molar-refractivity contribution in [3.63, 3.8) is 0 Å². The molecule has 0 saturated heterocycles. The first kappa shape index (κ1) is 14.6. The van der Waals surface area contributed by atoms with Crippen LogP contribution >= 0.6 is 0 Å². The van der Waals surface area contributed by atoms with Gasteiger partial charge in [0.2, 0.25) is 0 Å². The lowest BCUT2D eigenvalue weighted by molar-refractivity contribution is -0.140. The zero-order chi connectivity index (χ0) is 15.6. The fourth-order valence-electron chi connectivity index (χ4n) is 1.68. The summed E-state index contributed by atoms with van der Waals surface area (Å²) < 4.78 is 27.3. The van der Waals surface area contributed by atoms with Gasteiger partial charge in [0.15, 0.2) is 0 Å². The normalized spacial score (nSPS) is 12.0. The van der Waals surface area contributed by atoms with Crippen LogP contribution in [-0.4, -0.2) is 26.8 Å². The average molecular weight is 295 g/mol. The highest BCUT2D eigenvalue weighted by molar-refractivity contribution is 6.03. The number of aliphatic carboxylic acids is 1. The fraction of sp³-hybridized carbons (Fsp3) is 0.154. The van der Waals surface area contributed by atoms with Crippen molar-refractivity contribution >= 4 is 17.6 Å². The minimum absolute atomic E-state index is 0.0476. The minimum Gasteiger partial charge on any atom is -0.480 e. The van der Waals surface area contributed by atoms with E-state index < -0.39 is 29.6 Å². The van der Waals surface area contributed by atoms with Crippen molar-refractivity contribution in [1.82, 2.24) is 9.78 Å². The highest BCUT2D eigenvalue weighted by Gasteiger charge is 2.21. The number of hydrogen-bond acceptors (Lipinski definition) is 3. The molecule has 1 aromatic carbocycles. The first-order valence-corrected chi connectivity index (χ1v) is 5.93. The summed E-state index contributed by atoms with van der Waals surface area (Å²) >= 11 is 0. The maximum absolute atomic E-state index is 13.5. The lowest BCUT2D eigenvalue weighted by atomic mass is 10.2. The number of halogens is 2. The number of carboxylic acid groups (broad SMARTS) is 1. The summed E-state index contributed by atoms with van der Waals surface area (Å²) in [6.45, 7) is 1.35. The number of rotatable bonds is 4. The SMILES string of the molecule is CC(C(=O)O)n1nccc1C(=O)Nc1ccc(F)cc1F. The zero-order valence-corrected chi connectivity index (χ0v) is 10.9. The van der Waals surface area contributed by atoms with Crippen LogP contribution in [-0.2, 0) is 4.79 Å². The Morgan fingerprint density at radius 3 is 2.67 bits per heavy atom. The Morgan fingerprint density at radius 1 is 1.33 bits per heavy atom. The van der Waals surface area contributed by atoms with Gasteiger partial charge in [0.1, 0.15) is 23.4 Å². The number of carbonyl (C=O) groups excluding carboxylic acids is 1. The van der Waals surface area contributed by atoms with Crippen LogP contribution in [0.3, 0.4) is 0 Å². The van der Waals surface area contributed by atoms with Gasteiger partial charge in [-0.2, -0.15) is 5.10 Å². The topological polar surface area (TPSA) is 84.2 Å². The molecule has 21 heavy (non-hydrogen) atoms. The summed E-state index contributed by atoms with van der Waals surface area (Å²) in [5, 5.41) is 14.9. The third-order valence-corrected chi connectivity index (χ3v) is 2.81. The molecule has 8 heteroatoms. The van der Waals surface area contributed by atoms with E-state index in [4.69, 9.17) is 5.11 Å². The molecule has 0 aliphatic heterocycles. The molecule has 0 saturated carbocycles. The van der Waals surface area contributed by atoms with Crippen molar-refractivity contribution in [3.8, 4) is 0 Å². The summed E-state index contributed by atoms with van der Waals surface area (Å²) in [5.41, 5.74) is -0.259. The van der Waals surface area contributed by atoms with Gasteiger partial charge in [-0.3, -0.25) is 4.79 Å². The van der Waals surface area contributed by atoms with Crippen LogP contribution in [0.25, 0.3) is 0 Å². The van der Waals surface area contributed by atoms with Crippen LogP contribution < -0.4 is 5.32 Å². The lowest BCUT2D eigenvalue weighted by Crippen LogP contribution is -2.24. The van der Waals surface area contributed by atoms with E-state index in [1.54, 1.807) is 0 Å². The Balaban J connectivity index is 2.25. The van der Waals surface area contributed by atoms with E-state index >= 15 is 0 Å². The Hall–Kier alpha value is -2.77. The van der Waals surface area contributed by atoms with E-state index in [0.717, 1.165) is 16.8 Å². The van der Waals surface area contributed by atoms with Crippen molar-refractivity contribution in [2.45, 2.75) is 13.0 Å². The third-order valence-electron chi connectivity index (χ3n) is 2.81. The smallest absolute Gasteiger partial charge is 0.328 e. The Morgan fingerprint density at radius 2 is 2.05 bits per heavy atom. The quantitative estimate of drug-likeness (QED) is 0.904. The van der Waals surface area contributed by atoms with Crippen molar-refractivity contribution in [2.24, 2.45) is 0 Å². The number of nitrogens with zero attached hydrogens (tertiary/aromatic N) is 2. The maximum Gasteiger partial charge on any atom is 0.328 e. The number of carboxylic acids is 1. The molecule has 0 bridgehead atoms. The second-order valence-corrected chi connectivity index (χ2v) is 4.25. The van der Waals surface area contributed by atoms with Crippen molar-refractivity contribution in [1.29, 1.82) is 0 Å². The van der Waals surface area contributed by atoms with Crippen LogP contribution in [0, 0.1) is 11.6 Å². The number of carbonyl (C=O) groups is 2. The molecule has 0 spiro atoms. The molecule has 0 aliphatic rings. The van der Waals surface area contributed by atoms with Gasteiger partial charge in [0, 0.05) is 12.3 Å². The first-order valence-electron chi connectivity index (χ1n) is 5.93. The molecule has 2 rings (SSSR count). The highest BCUT2D eigenvalue weighted by atomic mass is 19.1. The largest absolute Gasteiger partial charge is 0.480 e. The molecule has 110 valence electrons. The minimum atomic E-state index is -1.17. The van der Waals surface area contributed by atoms with E-state index in [0.29, 0.717) is 6.07 Å². The first-order chi connectivity index (χ1) is 9.90. The Kier molecular flexibility index (Phi) is 3.97. The van der Waals surface area contributed by atoms with Gasteiger partial charge >= 0.3 is 5.97 Å². The van der Waals surface area contributed by atoms with Gasteiger partial charge in [-0.1, -0.05) is 0 Å². The molecule has 1 heterocycles. The van der Waals surface area contributed by atoms with Crippen LogP contribution in [0.1, 0.15) is 23.5 Å². The Bertz CT molecular complexity index is 700.